The number of hydrogen-bond acceptors (Lipinski definition) is 3. The molecule has 0 aromatic heterocycles. The number of benzene rings is 3. The van der Waals surface area contributed by atoms with Crippen LogP contribution in [-0.4, -0.2) is 19.3 Å². The van der Waals surface area contributed by atoms with Crippen LogP contribution in [0.2, 0.25) is 0 Å². The first-order valence-electron chi connectivity index (χ1n) is 8.59. The third kappa shape index (κ3) is 3.01. The Labute approximate surface area is 154 Å². The van der Waals surface area contributed by atoms with E-state index in [9.17, 15) is 5.11 Å². The van der Waals surface area contributed by atoms with Gasteiger partial charge in [-0.15, -0.1) is 0 Å². The first-order chi connectivity index (χ1) is 12.5. The normalized spacial score (nSPS) is 10.7. The summed E-state index contributed by atoms with van der Waals surface area (Å²) >= 11 is 0. The van der Waals surface area contributed by atoms with E-state index in [0.717, 1.165) is 44.9 Å². The van der Waals surface area contributed by atoms with Crippen molar-refractivity contribution in [3.05, 3.63) is 65.2 Å². The molecule has 0 spiro atoms. The number of hydrogen-bond donors (Lipinski definition) is 1. The maximum Gasteiger partial charge on any atom is 0.131 e. The highest BCUT2D eigenvalue weighted by molar-refractivity contribution is 5.87. The van der Waals surface area contributed by atoms with Crippen LogP contribution in [-0.2, 0) is 0 Å². The van der Waals surface area contributed by atoms with E-state index in [-0.39, 0.29) is 0 Å². The van der Waals surface area contributed by atoms with Crippen LogP contribution in [0, 0.1) is 20.8 Å². The largest absolute Gasteiger partial charge is 0.507 e. The quantitative estimate of drug-likeness (QED) is 0.660. The van der Waals surface area contributed by atoms with E-state index < -0.39 is 0 Å². The predicted octanol–water partition coefficient (Wildman–Crippen LogP) is 5.67. The average molecular weight is 348 g/mol. The molecule has 0 aliphatic rings. The molecule has 0 radical (unpaired) electrons. The Kier molecular flexibility index (Phi) is 4.90. The summed E-state index contributed by atoms with van der Waals surface area (Å²) < 4.78 is 10.5. The maximum atomic E-state index is 11.2. The van der Waals surface area contributed by atoms with E-state index >= 15 is 0 Å². The molecule has 0 unspecified atom stereocenters. The number of aromatic hydroxyl groups is 1. The van der Waals surface area contributed by atoms with Crippen molar-refractivity contribution >= 4 is 0 Å². The van der Waals surface area contributed by atoms with Crippen molar-refractivity contribution in [3.8, 4) is 39.5 Å². The molecule has 26 heavy (non-hydrogen) atoms. The summed E-state index contributed by atoms with van der Waals surface area (Å²) in [6.45, 7) is 6.21. The van der Waals surface area contributed by atoms with Gasteiger partial charge in [-0.25, -0.2) is 0 Å². The number of rotatable bonds is 4. The van der Waals surface area contributed by atoms with E-state index in [1.54, 1.807) is 14.2 Å². The zero-order valence-electron chi connectivity index (χ0n) is 15.9. The SMILES string of the molecule is COc1ccc(-c2c(C)c(C)c(C)c(-c3ccc(OC)cc3)c2O)cc1. The first-order valence-corrected chi connectivity index (χ1v) is 8.59. The van der Waals surface area contributed by atoms with Crippen molar-refractivity contribution in [1.82, 2.24) is 0 Å². The Hall–Kier alpha value is -2.94. The Balaban J connectivity index is 2.23. The van der Waals surface area contributed by atoms with Crippen LogP contribution >= 0.6 is 0 Å². The minimum Gasteiger partial charge on any atom is -0.507 e. The summed E-state index contributed by atoms with van der Waals surface area (Å²) in [7, 11) is 3.30. The molecule has 0 amide bonds. The molecule has 0 fully saturated rings. The maximum absolute atomic E-state index is 11.2. The standard InChI is InChI=1S/C23H24O3/c1-14-15(2)21(17-6-10-19(25-4)11-7-17)23(24)22(16(14)3)18-8-12-20(26-5)13-9-18/h6-13,24H,1-5H3. The molecule has 0 atom stereocenters. The lowest BCUT2D eigenvalue weighted by molar-refractivity contribution is 0.415. The lowest BCUT2D eigenvalue weighted by Crippen LogP contribution is -1.97. The Bertz CT molecular complexity index is 849. The summed E-state index contributed by atoms with van der Waals surface area (Å²) in [6.07, 6.45) is 0. The van der Waals surface area contributed by atoms with Gasteiger partial charge in [0, 0.05) is 11.1 Å². The highest BCUT2D eigenvalue weighted by Crippen LogP contribution is 2.45. The minimum absolute atomic E-state index is 0.306. The third-order valence-corrected chi connectivity index (χ3v) is 5.11. The van der Waals surface area contributed by atoms with Gasteiger partial charge < -0.3 is 14.6 Å². The summed E-state index contributed by atoms with van der Waals surface area (Å²) in [6, 6.07) is 15.6. The minimum atomic E-state index is 0.306. The molecule has 134 valence electrons. The molecule has 1 N–H and O–H groups in total. The zero-order valence-corrected chi connectivity index (χ0v) is 15.9. The van der Waals surface area contributed by atoms with Gasteiger partial charge in [0.2, 0.25) is 0 Å². The smallest absolute Gasteiger partial charge is 0.131 e. The molecule has 0 aliphatic carbocycles. The molecule has 3 aromatic carbocycles. The lowest BCUT2D eigenvalue weighted by atomic mass is 9.86. The Morgan fingerprint density at radius 1 is 0.577 bits per heavy atom. The Morgan fingerprint density at radius 2 is 0.923 bits per heavy atom. The van der Waals surface area contributed by atoms with Crippen molar-refractivity contribution in [3.63, 3.8) is 0 Å². The van der Waals surface area contributed by atoms with Crippen LogP contribution in [0.1, 0.15) is 16.7 Å². The van der Waals surface area contributed by atoms with Gasteiger partial charge >= 0.3 is 0 Å². The molecule has 0 saturated carbocycles. The molecule has 0 bridgehead atoms. The topological polar surface area (TPSA) is 38.7 Å². The van der Waals surface area contributed by atoms with Gasteiger partial charge in [-0.3, -0.25) is 0 Å². The van der Waals surface area contributed by atoms with Crippen LogP contribution in [0.15, 0.2) is 48.5 Å². The Morgan fingerprint density at radius 3 is 1.23 bits per heavy atom. The fourth-order valence-electron chi connectivity index (χ4n) is 3.36. The first kappa shape index (κ1) is 17.9. The van der Waals surface area contributed by atoms with E-state index in [1.807, 2.05) is 48.5 Å². The fraction of sp³-hybridized carbons (Fsp3) is 0.217. The number of phenolic OH excluding ortho intramolecular Hbond substituents is 1. The second kappa shape index (κ2) is 7.12. The molecular weight excluding hydrogens is 324 g/mol. The molecule has 3 rings (SSSR count). The molecule has 0 saturated heterocycles. The van der Waals surface area contributed by atoms with E-state index in [1.165, 1.54) is 5.56 Å². The van der Waals surface area contributed by atoms with Crippen LogP contribution in [0.4, 0.5) is 0 Å². The second-order valence-electron chi connectivity index (χ2n) is 6.43. The predicted molar refractivity (Wildman–Crippen MR) is 106 cm³/mol. The summed E-state index contributed by atoms with van der Waals surface area (Å²) in [5, 5.41) is 11.2. The van der Waals surface area contributed by atoms with E-state index in [2.05, 4.69) is 20.8 Å². The highest BCUT2D eigenvalue weighted by Gasteiger charge is 2.19. The summed E-state index contributed by atoms with van der Waals surface area (Å²) in [5.74, 6) is 1.90. The average Bonchev–Trinajstić information content (AvgIpc) is 2.67. The van der Waals surface area contributed by atoms with Gasteiger partial charge in [0.15, 0.2) is 0 Å². The van der Waals surface area contributed by atoms with Crippen LogP contribution in [0.25, 0.3) is 22.3 Å². The van der Waals surface area contributed by atoms with Gasteiger partial charge in [-0.1, -0.05) is 24.3 Å². The molecule has 3 nitrogen and oxygen atoms in total. The number of methoxy groups -OCH3 is 2. The summed E-state index contributed by atoms with van der Waals surface area (Å²) in [4.78, 5) is 0. The fourth-order valence-corrected chi connectivity index (χ4v) is 3.36. The van der Waals surface area contributed by atoms with Crippen molar-refractivity contribution in [1.29, 1.82) is 0 Å². The molecular formula is C23H24O3. The van der Waals surface area contributed by atoms with Gasteiger partial charge in [0.1, 0.15) is 17.2 Å². The monoisotopic (exact) mass is 348 g/mol. The van der Waals surface area contributed by atoms with Gasteiger partial charge in [0.05, 0.1) is 14.2 Å². The molecule has 0 aliphatic heterocycles. The van der Waals surface area contributed by atoms with Crippen LogP contribution in [0.3, 0.4) is 0 Å². The number of ether oxygens (including phenoxy) is 2. The van der Waals surface area contributed by atoms with Gasteiger partial charge in [0.25, 0.3) is 0 Å². The zero-order chi connectivity index (χ0) is 18.8. The van der Waals surface area contributed by atoms with Gasteiger partial charge in [-0.05, 0) is 72.9 Å². The second-order valence-corrected chi connectivity index (χ2v) is 6.43. The van der Waals surface area contributed by atoms with Crippen molar-refractivity contribution < 1.29 is 14.6 Å². The lowest BCUT2D eigenvalue weighted by Gasteiger charge is -2.20. The number of phenols is 1. The van der Waals surface area contributed by atoms with Crippen molar-refractivity contribution in [2.75, 3.05) is 14.2 Å². The van der Waals surface area contributed by atoms with Crippen molar-refractivity contribution in [2.45, 2.75) is 20.8 Å². The molecule has 3 aromatic rings. The van der Waals surface area contributed by atoms with Crippen LogP contribution in [0.5, 0.6) is 17.2 Å². The molecule has 3 heteroatoms. The van der Waals surface area contributed by atoms with Crippen LogP contribution < -0.4 is 9.47 Å². The summed E-state index contributed by atoms with van der Waals surface area (Å²) in [5.41, 5.74) is 7.02. The van der Waals surface area contributed by atoms with Gasteiger partial charge in [-0.2, -0.15) is 0 Å². The molecule has 0 heterocycles. The van der Waals surface area contributed by atoms with E-state index in [0.29, 0.717) is 5.75 Å². The van der Waals surface area contributed by atoms with E-state index in [4.69, 9.17) is 9.47 Å². The third-order valence-electron chi connectivity index (χ3n) is 5.11. The highest BCUT2D eigenvalue weighted by atomic mass is 16.5. The van der Waals surface area contributed by atoms with Crippen molar-refractivity contribution in [2.24, 2.45) is 0 Å².